The van der Waals surface area contributed by atoms with Gasteiger partial charge in [-0.05, 0) is 30.3 Å². The number of amides is 1. The number of carbonyl (C=O) groups excluding carboxylic acids is 1. The van der Waals surface area contributed by atoms with E-state index in [1.165, 1.54) is 12.1 Å². The SMILES string of the molecule is CS(=O)(=O)c1cccc2sc(N(CCN3CCOCC3)C(=O)c3cc(C(F)(F)F)cc(C(F)(F)F)c3)nc12. The highest BCUT2D eigenvalue weighted by Crippen LogP contribution is 2.38. The number of nitrogens with zero attached hydrogens (tertiary/aromatic N) is 3. The van der Waals surface area contributed by atoms with Crippen molar-refractivity contribution in [3.05, 3.63) is 53.1 Å². The van der Waals surface area contributed by atoms with Crippen molar-refractivity contribution < 1.29 is 44.3 Å². The van der Waals surface area contributed by atoms with Gasteiger partial charge in [0.15, 0.2) is 15.0 Å². The first-order valence-electron chi connectivity index (χ1n) is 11.2. The van der Waals surface area contributed by atoms with E-state index in [0.29, 0.717) is 43.1 Å². The largest absolute Gasteiger partial charge is 0.416 e. The molecule has 206 valence electrons. The van der Waals surface area contributed by atoms with Gasteiger partial charge in [-0.3, -0.25) is 14.6 Å². The van der Waals surface area contributed by atoms with Crippen LogP contribution in [0.3, 0.4) is 0 Å². The zero-order valence-electron chi connectivity index (χ0n) is 19.8. The summed E-state index contributed by atoms with van der Waals surface area (Å²) in [6.45, 7) is 1.99. The van der Waals surface area contributed by atoms with E-state index < -0.39 is 44.8 Å². The van der Waals surface area contributed by atoms with Crippen molar-refractivity contribution in [2.75, 3.05) is 50.5 Å². The van der Waals surface area contributed by atoms with Crippen molar-refractivity contribution in [2.24, 2.45) is 0 Å². The van der Waals surface area contributed by atoms with Crippen molar-refractivity contribution in [3.8, 4) is 0 Å². The third-order valence-corrected chi connectivity index (χ3v) is 8.00. The fraction of sp³-hybridized carbons (Fsp3) is 0.391. The van der Waals surface area contributed by atoms with Gasteiger partial charge < -0.3 is 4.74 Å². The number of halogens is 6. The van der Waals surface area contributed by atoms with Crippen molar-refractivity contribution in [3.63, 3.8) is 0 Å². The number of alkyl halides is 6. The Kier molecular flexibility index (Phi) is 7.76. The minimum absolute atomic E-state index is 0.0507. The molecule has 1 amide bonds. The highest BCUT2D eigenvalue weighted by molar-refractivity contribution is 7.91. The Balaban J connectivity index is 1.81. The molecule has 0 spiro atoms. The van der Waals surface area contributed by atoms with Crippen LogP contribution >= 0.6 is 11.3 Å². The number of ether oxygens (including phenoxy) is 1. The lowest BCUT2D eigenvalue weighted by molar-refractivity contribution is -0.143. The highest BCUT2D eigenvalue weighted by Gasteiger charge is 2.38. The maximum atomic E-state index is 13.5. The van der Waals surface area contributed by atoms with Crippen molar-refractivity contribution in [1.82, 2.24) is 9.88 Å². The summed E-state index contributed by atoms with van der Waals surface area (Å²) in [4.78, 5) is 20.6. The van der Waals surface area contributed by atoms with Crippen LogP contribution < -0.4 is 4.90 Å². The zero-order chi connectivity index (χ0) is 27.9. The molecule has 0 atom stereocenters. The third-order valence-electron chi connectivity index (χ3n) is 5.82. The van der Waals surface area contributed by atoms with E-state index in [2.05, 4.69) is 4.98 Å². The molecule has 7 nitrogen and oxygen atoms in total. The van der Waals surface area contributed by atoms with E-state index in [9.17, 15) is 39.6 Å². The number of anilines is 1. The van der Waals surface area contributed by atoms with Crippen LogP contribution in [0.1, 0.15) is 21.5 Å². The molecule has 0 radical (unpaired) electrons. The van der Waals surface area contributed by atoms with Gasteiger partial charge >= 0.3 is 12.4 Å². The molecule has 1 saturated heterocycles. The lowest BCUT2D eigenvalue weighted by Crippen LogP contribution is -2.43. The molecule has 38 heavy (non-hydrogen) atoms. The van der Waals surface area contributed by atoms with Gasteiger partial charge in [-0.15, -0.1) is 0 Å². The van der Waals surface area contributed by atoms with E-state index in [4.69, 9.17) is 4.74 Å². The summed E-state index contributed by atoms with van der Waals surface area (Å²) in [5.41, 5.74) is -4.00. The molecule has 1 aromatic heterocycles. The number of hydrogen-bond acceptors (Lipinski definition) is 7. The first-order chi connectivity index (χ1) is 17.6. The summed E-state index contributed by atoms with van der Waals surface area (Å²) in [7, 11) is -3.72. The minimum atomic E-state index is -5.13. The van der Waals surface area contributed by atoms with Crippen LogP contribution in [0, 0.1) is 0 Å². The Labute approximate surface area is 217 Å². The van der Waals surface area contributed by atoms with E-state index >= 15 is 0 Å². The van der Waals surface area contributed by atoms with Gasteiger partial charge in [0.25, 0.3) is 5.91 Å². The predicted molar refractivity (Wildman–Crippen MR) is 128 cm³/mol. The number of para-hydroxylation sites is 1. The molecule has 0 unspecified atom stereocenters. The molecule has 0 saturated carbocycles. The van der Waals surface area contributed by atoms with Crippen molar-refractivity contribution in [1.29, 1.82) is 0 Å². The fourth-order valence-electron chi connectivity index (χ4n) is 3.91. The molecule has 2 heterocycles. The smallest absolute Gasteiger partial charge is 0.379 e. The second-order valence-electron chi connectivity index (χ2n) is 8.58. The van der Waals surface area contributed by atoms with Gasteiger partial charge in [0.1, 0.15) is 5.52 Å². The molecule has 15 heteroatoms. The van der Waals surface area contributed by atoms with Crippen LogP contribution in [-0.2, 0) is 26.9 Å². The minimum Gasteiger partial charge on any atom is -0.379 e. The molecular weight excluding hydrogens is 560 g/mol. The second kappa shape index (κ2) is 10.4. The third kappa shape index (κ3) is 6.27. The number of morpholine rings is 1. The maximum absolute atomic E-state index is 13.5. The average molecular weight is 582 g/mol. The summed E-state index contributed by atoms with van der Waals surface area (Å²) < 4.78 is 111. The van der Waals surface area contributed by atoms with E-state index in [1.54, 1.807) is 6.07 Å². The summed E-state index contributed by atoms with van der Waals surface area (Å²) in [6.07, 6.45) is -9.28. The number of fused-ring (bicyclic) bond motifs is 1. The molecule has 4 rings (SSSR count). The van der Waals surface area contributed by atoms with E-state index in [-0.39, 0.29) is 34.7 Å². The summed E-state index contributed by atoms with van der Waals surface area (Å²) in [5.74, 6) is -1.13. The number of aromatic nitrogens is 1. The number of benzene rings is 2. The van der Waals surface area contributed by atoms with Gasteiger partial charge in [0.2, 0.25) is 0 Å². The number of rotatable bonds is 6. The summed E-state index contributed by atoms with van der Waals surface area (Å²) in [5, 5.41) is -0.0553. The summed E-state index contributed by atoms with van der Waals surface area (Å²) in [6, 6.07) is 5.04. The Hall–Kier alpha value is -2.75. The van der Waals surface area contributed by atoms with Gasteiger partial charge in [-0.1, -0.05) is 17.4 Å². The Morgan fingerprint density at radius 3 is 2.21 bits per heavy atom. The molecule has 3 aromatic rings. The molecule has 0 bridgehead atoms. The highest BCUT2D eigenvalue weighted by atomic mass is 32.2. The molecule has 1 aliphatic heterocycles. The quantitative estimate of drug-likeness (QED) is 0.393. The van der Waals surface area contributed by atoms with Crippen LogP contribution in [0.4, 0.5) is 31.5 Å². The van der Waals surface area contributed by atoms with Crippen LogP contribution in [0.5, 0.6) is 0 Å². The molecule has 2 aromatic carbocycles. The normalized spacial score (nSPS) is 15.7. The number of carbonyl (C=O) groups is 1. The Bertz CT molecular complexity index is 1420. The van der Waals surface area contributed by atoms with Crippen molar-refractivity contribution >= 4 is 42.4 Å². The topological polar surface area (TPSA) is 79.8 Å². The number of sulfone groups is 1. The second-order valence-corrected chi connectivity index (χ2v) is 11.6. The fourth-order valence-corrected chi connectivity index (χ4v) is 5.82. The zero-order valence-corrected chi connectivity index (χ0v) is 21.4. The molecule has 1 aliphatic rings. The predicted octanol–water partition coefficient (Wildman–Crippen LogP) is 4.72. The standard InChI is InChI=1S/C23H21F6N3O4S2/c1-38(34,35)18-4-2-3-17-19(18)30-21(37-17)32(6-5-31-7-9-36-10-8-31)20(33)14-11-15(22(24,25)26)13-16(12-14)23(27,28)29/h2-4,11-13H,5-10H2,1H3. The van der Waals surface area contributed by atoms with Gasteiger partial charge in [-0.2, -0.15) is 26.3 Å². The van der Waals surface area contributed by atoms with E-state index in [1.807, 2.05) is 4.90 Å². The van der Waals surface area contributed by atoms with Crippen molar-refractivity contribution in [2.45, 2.75) is 17.2 Å². The van der Waals surface area contributed by atoms with Gasteiger partial charge in [-0.25, -0.2) is 13.4 Å². The maximum Gasteiger partial charge on any atom is 0.416 e. The monoisotopic (exact) mass is 581 g/mol. The van der Waals surface area contributed by atoms with Gasteiger partial charge in [0, 0.05) is 38.0 Å². The lowest BCUT2D eigenvalue weighted by atomic mass is 10.0. The molecule has 0 N–H and O–H groups in total. The van der Waals surface area contributed by atoms with Crippen LogP contribution in [0.25, 0.3) is 10.2 Å². The first-order valence-corrected chi connectivity index (χ1v) is 13.9. The summed E-state index contributed by atoms with van der Waals surface area (Å²) >= 11 is 0.907. The Morgan fingerprint density at radius 2 is 1.66 bits per heavy atom. The first kappa shape index (κ1) is 28.3. The van der Waals surface area contributed by atoms with Crippen LogP contribution in [-0.4, -0.2) is 69.9 Å². The lowest BCUT2D eigenvalue weighted by Gasteiger charge is -2.29. The van der Waals surface area contributed by atoms with Crippen LogP contribution in [0.2, 0.25) is 0 Å². The average Bonchev–Trinajstić information content (AvgIpc) is 3.26. The molecular formula is C23H21F6N3O4S2. The molecule has 0 aliphatic carbocycles. The Morgan fingerprint density at radius 1 is 1.05 bits per heavy atom. The van der Waals surface area contributed by atoms with E-state index in [0.717, 1.165) is 22.5 Å². The van der Waals surface area contributed by atoms with Gasteiger partial charge in [0.05, 0.1) is 33.9 Å². The number of hydrogen-bond donors (Lipinski definition) is 0. The number of thiazole rings is 1. The molecule has 1 fully saturated rings. The van der Waals surface area contributed by atoms with Crippen LogP contribution in [0.15, 0.2) is 41.3 Å².